The average Bonchev–Trinajstić information content (AvgIpc) is 2.97. The van der Waals surface area contributed by atoms with Crippen LogP contribution in [-0.4, -0.2) is 25.9 Å². The van der Waals surface area contributed by atoms with E-state index in [0.717, 1.165) is 42.4 Å². The Kier molecular flexibility index (Phi) is 4.71. The lowest BCUT2D eigenvalue weighted by Gasteiger charge is -2.11. The van der Waals surface area contributed by atoms with Crippen LogP contribution in [0, 0.1) is 6.92 Å². The standard InChI is InChI=1S/C17H21N5O/c1-3-4-8-18-17-15(10-19-13(2)20-17)23-12-14-11-22-9-6-5-7-16(22)21-14/h5-7,9-11H,3-4,8,12H2,1-2H3,(H,18,19,20). The Bertz CT molecular complexity index is 751. The third kappa shape index (κ3) is 3.77. The number of aromatic nitrogens is 4. The zero-order valence-corrected chi connectivity index (χ0v) is 13.5. The van der Waals surface area contributed by atoms with Gasteiger partial charge in [0.25, 0.3) is 0 Å². The summed E-state index contributed by atoms with van der Waals surface area (Å²) in [5, 5.41) is 3.32. The summed E-state index contributed by atoms with van der Waals surface area (Å²) in [6.45, 7) is 5.29. The molecule has 0 spiro atoms. The van der Waals surface area contributed by atoms with E-state index in [2.05, 4.69) is 27.2 Å². The summed E-state index contributed by atoms with van der Waals surface area (Å²) >= 11 is 0. The molecule has 6 nitrogen and oxygen atoms in total. The third-order valence-corrected chi connectivity index (χ3v) is 3.49. The van der Waals surface area contributed by atoms with Gasteiger partial charge in [-0.25, -0.2) is 15.0 Å². The molecule has 3 aromatic rings. The molecule has 3 heterocycles. The number of imidazole rings is 1. The Morgan fingerprint density at radius 2 is 2.17 bits per heavy atom. The molecule has 0 saturated heterocycles. The van der Waals surface area contributed by atoms with Crippen LogP contribution in [-0.2, 0) is 6.61 Å². The Labute approximate surface area is 135 Å². The molecular formula is C17H21N5O. The Balaban J connectivity index is 1.71. The number of anilines is 1. The summed E-state index contributed by atoms with van der Waals surface area (Å²) < 4.78 is 7.85. The van der Waals surface area contributed by atoms with Crippen molar-refractivity contribution in [3.05, 3.63) is 48.3 Å². The number of hydrogen-bond acceptors (Lipinski definition) is 5. The van der Waals surface area contributed by atoms with Crippen molar-refractivity contribution in [2.75, 3.05) is 11.9 Å². The van der Waals surface area contributed by atoms with Gasteiger partial charge in [0, 0.05) is 18.9 Å². The number of fused-ring (bicyclic) bond motifs is 1. The Morgan fingerprint density at radius 3 is 3.00 bits per heavy atom. The van der Waals surface area contributed by atoms with Gasteiger partial charge < -0.3 is 14.5 Å². The molecule has 0 saturated carbocycles. The minimum Gasteiger partial charge on any atom is -0.482 e. The van der Waals surface area contributed by atoms with Crippen LogP contribution in [0.1, 0.15) is 31.3 Å². The van der Waals surface area contributed by atoms with Gasteiger partial charge >= 0.3 is 0 Å². The average molecular weight is 311 g/mol. The van der Waals surface area contributed by atoms with Crippen molar-refractivity contribution in [3.8, 4) is 5.75 Å². The number of ether oxygens (including phenoxy) is 1. The van der Waals surface area contributed by atoms with Crippen molar-refractivity contribution in [1.29, 1.82) is 0 Å². The summed E-state index contributed by atoms with van der Waals surface area (Å²) in [6, 6.07) is 5.91. The predicted molar refractivity (Wildman–Crippen MR) is 89.7 cm³/mol. The second-order valence-corrected chi connectivity index (χ2v) is 5.40. The van der Waals surface area contributed by atoms with Crippen molar-refractivity contribution in [3.63, 3.8) is 0 Å². The molecule has 0 radical (unpaired) electrons. The van der Waals surface area contributed by atoms with Gasteiger partial charge in [-0.05, 0) is 25.5 Å². The summed E-state index contributed by atoms with van der Waals surface area (Å²) in [6.07, 6.45) is 7.88. The molecule has 0 amide bonds. The highest BCUT2D eigenvalue weighted by atomic mass is 16.5. The van der Waals surface area contributed by atoms with Crippen LogP contribution < -0.4 is 10.1 Å². The summed E-state index contributed by atoms with van der Waals surface area (Å²) in [5.41, 5.74) is 1.78. The van der Waals surface area contributed by atoms with Gasteiger partial charge in [0.1, 0.15) is 18.1 Å². The monoisotopic (exact) mass is 311 g/mol. The number of nitrogens with zero attached hydrogens (tertiary/aromatic N) is 4. The first-order chi connectivity index (χ1) is 11.3. The summed E-state index contributed by atoms with van der Waals surface area (Å²) in [4.78, 5) is 13.2. The fourth-order valence-corrected chi connectivity index (χ4v) is 2.28. The largest absolute Gasteiger partial charge is 0.482 e. The maximum atomic E-state index is 5.88. The molecular weight excluding hydrogens is 290 g/mol. The smallest absolute Gasteiger partial charge is 0.180 e. The van der Waals surface area contributed by atoms with Gasteiger partial charge in [0.05, 0.1) is 11.9 Å². The minimum absolute atomic E-state index is 0.385. The first-order valence-corrected chi connectivity index (χ1v) is 7.89. The van der Waals surface area contributed by atoms with Gasteiger partial charge in [-0.1, -0.05) is 19.4 Å². The first kappa shape index (κ1) is 15.3. The summed E-state index contributed by atoms with van der Waals surface area (Å²) in [7, 11) is 0. The minimum atomic E-state index is 0.385. The lowest BCUT2D eigenvalue weighted by atomic mass is 10.3. The highest BCUT2D eigenvalue weighted by Gasteiger charge is 2.08. The van der Waals surface area contributed by atoms with Crippen LogP contribution in [0.5, 0.6) is 5.75 Å². The lowest BCUT2D eigenvalue weighted by molar-refractivity contribution is 0.301. The van der Waals surface area contributed by atoms with Crippen LogP contribution in [0.15, 0.2) is 36.8 Å². The molecule has 0 bridgehead atoms. The molecule has 3 rings (SSSR count). The topological polar surface area (TPSA) is 64.3 Å². The molecule has 120 valence electrons. The number of hydrogen-bond donors (Lipinski definition) is 1. The maximum Gasteiger partial charge on any atom is 0.180 e. The van der Waals surface area contributed by atoms with Gasteiger partial charge in [0.15, 0.2) is 11.6 Å². The van der Waals surface area contributed by atoms with E-state index in [-0.39, 0.29) is 0 Å². The molecule has 0 unspecified atom stereocenters. The van der Waals surface area contributed by atoms with Gasteiger partial charge in [-0.3, -0.25) is 0 Å². The SMILES string of the molecule is CCCCNc1nc(C)ncc1OCc1cn2ccccc2n1. The predicted octanol–water partition coefficient (Wildman–Crippen LogP) is 3.22. The zero-order chi connectivity index (χ0) is 16.1. The van der Waals surface area contributed by atoms with E-state index in [0.29, 0.717) is 12.4 Å². The van der Waals surface area contributed by atoms with Crippen LogP contribution in [0.3, 0.4) is 0 Å². The molecule has 1 N–H and O–H groups in total. The molecule has 0 aliphatic rings. The van der Waals surface area contributed by atoms with E-state index in [1.54, 1.807) is 6.20 Å². The quantitative estimate of drug-likeness (QED) is 0.679. The number of aryl methyl sites for hydroxylation is 1. The van der Waals surface area contributed by atoms with Crippen molar-refractivity contribution < 1.29 is 4.74 Å². The van der Waals surface area contributed by atoms with E-state index in [9.17, 15) is 0 Å². The molecule has 0 atom stereocenters. The Morgan fingerprint density at radius 1 is 1.26 bits per heavy atom. The molecule has 0 aliphatic carbocycles. The fraction of sp³-hybridized carbons (Fsp3) is 0.353. The number of rotatable bonds is 7. The van der Waals surface area contributed by atoms with Crippen LogP contribution >= 0.6 is 0 Å². The second-order valence-electron chi connectivity index (χ2n) is 5.40. The van der Waals surface area contributed by atoms with E-state index < -0.39 is 0 Å². The highest BCUT2D eigenvalue weighted by Crippen LogP contribution is 2.22. The molecule has 0 aromatic carbocycles. The molecule has 0 fully saturated rings. The normalized spacial score (nSPS) is 10.9. The lowest BCUT2D eigenvalue weighted by Crippen LogP contribution is -2.08. The van der Waals surface area contributed by atoms with Gasteiger partial charge in [0.2, 0.25) is 0 Å². The van der Waals surface area contributed by atoms with Crippen molar-refractivity contribution >= 4 is 11.5 Å². The third-order valence-electron chi connectivity index (χ3n) is 3.49. The maximum absolute atomic E-state index is 5.88. The van der Waals surface area contributed by atoms with Crippen molar-refractivity contribution in [1.82, 2.24) is 19.4 Å². The van der Waals surface area contributed by atoms with E-state index >= 15 is 0 Å². The van der Waals surface area contributed by atoms with Crippen LogP contribution in [0.25, 0.3) is 5.65 Å². The van der Waals surface area contributed by atoms with Gasteiger partial charge in [-0.2, -0.15) is 0 Å². The van der Waals surface area contributed by atoms with Crippen molar-refractivity contribution in [2.24, 2.45) is 0 Å². The molecule has 0 aliphatic heterocycles. The fourth-order valence-electron chi connectivity index (χ4n) is 2.28. The van der Waals surface area contributed by atoms with E-state index in [1.165, 1.54) is 0 Å². The second kappa shape index (κ2) is 7.09. The first-order valence-electron chi connectivity index (χ1n) is 7.89. The van der Waals surface area contributed by atoms with E-state index in [4.69, 9.17) is 4.74 Å². The molecule has 23 heavy (non-hydrogen) atoms. The van der Waals surface area contributed by atoms with Crippen molar-refractivity contribution in [2.45, 2.75) is 33.3 Å². The summed E-state index contributed by atoms with van der Waals surface area (Å²) in [5.74, 6) is 2.13. The zero-order valence-electron chi connectivity index (χ0n) is 13.5. The van der Waals surface area contributed by atoms with E-state index in [1.807, 2.05) is 41.9 Å². The van der Waals surface area contributed by atoms with Crippen LogP contribution in [0.2, 0.25) is 0 Å². The number of pyridine rings is 1. The molecule has 3 aromatic heterocycles. The Hall–Kier alpha value is -2.63. The molecule has 6 heteroatoms. The van der Waals surface area contributed by atoms with Crippen LogP contribution in [0.4, 0.5) is 5.82 Å². The number of nitrogens with one attached hydrogen (secondary N) is 1. The number of unbranched alkanes of at least 4 members (excludes halogenated alkanes) is 1. The van der Waals surface area contributed by atoms with Gasteiger partial charge in [-0.15, -0.1) is 0 Å². The highest BCUT2D eigenvalue weighted by molar-refractivity contribution is 5.48.